The number of rotatable bonds is 7. The molecule has 0 atom stereocenters. The van der Waals surface area contributed by atoms with Crippen molar-refractivity contribution in [3.8, 4) is 29.1 Å². The van der Waals surface area contributed by atoms with Crippen molar-refractivity contribution in [1.29, 1.82) is 10.5 Å². The number of ketones is 1. The molecule has 2 aromatic carbocycles. The molecule has 29 heavy (non-hydrogen) atoms. The smallest absolute Gasteiger partial charge is 0.203 e. The maximum absolute atomic E-state index is 12.9. The van der Waals surface area contributed by atoms with Gasteiger partial charge in [-0.15, -0.1) is 0 Å². The van der Waals surface area contributed by atoms with E-state index in [-0.39, 0.29) is 5.57 Å². The number of hydrogen-bond donors (Lipinski definition) is 0. The summed E-state index contributed by atoms with van der Waals surface area (Å²) in [5, 5.41) is 23.0. The van der Waals surface area contributed by atoms with Gasteiger partial charge in [0.1, 0.15) is 17.4 Å². The van der Waals surface area contributed by atoms with Crippen LogP contribution in [0.2, 0.25) is 0 Å². The van der Waals surface area contributed by atoms with Crippen LogP contribution in [0.3, 0.4) is 0 Å². The Morgan fingerprint density at radius 1 is 1.17 bits per heavy atom. The van der Waals surface area contributed by atoms with Crippen molar-refractivity contribution in [1.82, 2.24) is 9.78 Å². The molecule has 0 saturated heterocycles. The quantitative estimate of drug-likeness (QED) is 0.346. The summed E-state index contributed by atoms with van der Waals surface area (Å²) >= 11 is 0. The summed E-state index contributed by atoms with van der Waals surface area (Å²) in [7, 11) is 1.52. The molecule has 0 N–H and O–H groups in total. The van der Waals surface area contributed by atoms with Crippen LogP contribution in [-0.2, 0) is 6.54 Å². The third-order valence-electron chi connectivity index (χ3n) is 4.29. The van der Waals surface area contributed by atoms with Gasteiger partial charge in [-0.05, 0) is 18.2 Å². The van der Waals surface area contributed by atoms with Crippen LogP contribution in [0.5, 0.6) is 5.75 Å². The number of Topliss-reactive ketones (excluding diaryl/α,β-unsaturated/α-hetero) is 1. The van der Waals surface area contributed by atoms with Gasteiger partial charge in [0.05, 0.1) is 31.8 Å². The van der Waals surface area contributed by atoms with Crippen molar-refractivity contribution < 1.29 is 9.53 Å². The van der Waals surface area contributed by atoms with Crippen LogP contribution in [0.4, 0.5) is 0 Å². The van der Waals surface area contributed by atoms with Gasteiger partial charge in [-0.2, -0.15) is 15.6 Å². The van der Waals surface area contributed by atoms with Crippen molar-refractivity contribution in [2.24, 2.45) is 0 Å². The lowest BCUT2D eigenvalue weighted by molar-refractivity contribution is 0.103. The Hall–Kier alpha value is -4.16. The van der Waals surface area contributed by atoms with Crippen LogP contribution >= 0.6 is 0 Å². The van der Waals surface area contributed by atoms with Gasteiger partial charge >= 0.3 is 0 Å². The fraction of sp³-hybridized carbons (Fsp3) is 0.130. The van der Waals surface area contributed by atoms with Crippen molar-refractivity contribution in [3.63, 3.8) is 0 Å². The number of benzene rings is 2. The number of methoxy groups -OCH3 is 1. The minimum atomic E-state index is -0.393. The standard InChI is InChI=1S/C23H18N4O2/c1-29-21-10-5-9-18(14-21)23(28)19(15-25)13-20-16-27(12-6-11-24)26-22(20)17-7-3-2-4-8-17/h2-5,7-10,13-14,16H,6,12H2,1H3/b19-13+. The Morgan fingerprint density at radius 2 is 1.97 bits per heavy atom. The second-order valence-electron chi connectivity index (χ2n) is 6.20. The monoisotopic (exact) mass is 382 g/mol. The summed E-state index contributed by atoms with van der Waals surface area (Å²) in [5.41, 5.74) is 2.52. The van der Waals surface area contributed by atoms with Crippen LogP contribution < -0.4 is 4.74 Å². The number of carbonyl (C=O) groups is 1. The summed E-state index contributed by atoms with van der Waals surface area (Å²) in [4.78, 5) is 12.9. The van der Waals surface area contributed by atoms with Gasteiger partial charge in [0.2, 0.25) is 5.78 Å². The first kappa shape index (κ1) is 19.6. The Morgan fingerprint density at radius 3 is 2.66 bits per heavy atom. The summed E-state index contributed by atoms with van der Waals surface area (Å²) in [6.45, 7) is 0.426. The molecular weight excluding hydrogens is 364 g/mol. The van der Waals surface area contributed by atoms with Crippen LogP contribution in [0.15, 0.2) is 66.4 Å². The average molecular weight is 382 g/mol. The Kier molecular flexibility index (Phi) is 6.19. The number of ether oxygens (including phenoxy) is 1. The second-order valence-corrected chi connectivity index (χ2v) is 6.20. The number of aryl methyl sites for hydroxylation is 1. The molecule has 142 valence electrons. The largest absolute Gasteiger partial charge is 0.497 e. The van der Waals surface area contributed by atoms with Gasteiger partial charge in [0.25, 0.3) is 0 Å². The number of nitrogens with zero attached hydrogens (tertiary/aromatic N) is 4. The average Bonchev–Trinajstić information content (AvgIpc) is 3.18. The highest BCUT2D eigenvalue weighted by Crippen LogP contribution is 2.25. The fourth-order valence-electron chi connectivity index (χ4n) is 2.87. The molecule has 6 heteroatoms. The first-order valence-corrected chi connectivity index (χ1v) is 8.96. The maximum atomic E-state index is 12.9. The Balaban J connectivity index is 2.04. The molecule has 0 fully saturated rings. The van der Waals surface area contributed by atoms with Gasteiger partial charge in [0, 0.05) is 22.9 Å². The molecule has 0 spiro atoms. The molecule has 0 saturated carbocycles. The van der Waals surface area contributed by atoms with E-state index in [2.05, 4.69) is 11.2 Å². The van der Waals surface area contributed by atoms with E-state index < -0.39 is 5.78 Å². The van der Waals surface area contributed by atoms with Gasteiger partial charge in [-0.25, -0.2) is 0 Å². The van der Waals surface area contributed by atoms with E-state index in [1.165, 1.54) is 7.11 Å². The molecule has 0 unspecified atom stereocenters. The molecule has 0 amide bonds. The predicted octanol–water partition coefficient (Wildman–Crippen LogP) is 4.26. The zero-order chi connectivity index (χ0) is 20.6. The lowest BCUT2D eigenvalue weighted by Crippen LogP contribution is -2.02. The third-order valence-corrected chi connectivity index (χ3v) is 4.29. The van der Waals surface area contributed by atoms with Gasteiger partial charge < -0.3 is 4.74 Å². The molecule has 0 radical (unpaired) electrons. The Labute approximate surface area is 168 Å². The molecule has 6 nitrogen and oxygen atoms in total. The maximum Gasteiger partial charge on any atom is 0.203 e. The van der Waals surface area contributed by atoms with E-state index in [9.17, 15) is 10.1 Å². The molecule has 3 aromatic rings. The van der Waals surface area contributed by atoms with Crippen LogP contribution in [0, 0.1) is 22.7 Å². The lowest BCUT2D eigenvalue weighted by atomic mass is 10.0. The molecule has 1 heterocycles. The van der Waals surface area contributed by atoms with E-state index in [1.807, 2.05) is 36.4 Å². The number of hydrogen-bond acceptors (Lipinski definition) is 5. The molecule has 0 aliphatic heterocycles. The first-order chi connectivity index (χ1) is 14.2. The summed E-state index contributed by atoms with van der Waals surface area (Å²) in [5.74, 6) is 0.151. The number of carbonyl (C=O) groups excluding carboxylic acids is 1. The topological polar surface area (TPSA) is 91.7 Å². The zero-order valence-corrected chi connectivity index (χ0v) is 15.9. The fourth-order valence-corrected chi connectivity index (χ4v) is 2.87. The van der Waals surface area contributed by atoms with Crippen LogP contribution in [0.1, 0.15) is 22.3 Å². The number of aromatic nitrogens is 2. The third kappa shape index (κ3) is 4.58. The summed E-state index contributed by atoms with van der Waals surface area (Å²) in [6.07, 6.45) is 3.60. The van der Waals surface area contributed by atoms with Crippen molar-refractivity contribution in [2.75, 3.05) is 7.11 Å². The summed E-state index contributed by atoms with van der Waals surface area (Å²) < 4.78 is 6.82. The molecule has 0 aliphatic carbocycles. The number of nitriles is 2. The van der Waals surface area contributed by atoms with Crippen molar-refractivity contribution >= 4 is 11.9 Å². The minimum absolute atomic E-state index is 0.00438. The van der Waals surface area contributed by atoms with Crippen LogP contribution in [-0.4, -0.2) is 22.7 Å². The molecular formula is C23H18N4O2. The molecule has 0 aliphatic rings. The number of allylic oxidation sites excluding steroid dienone is 1. The first-order valence-electron chi connectivity index (χ1n) is 8.96. The highest BCUT2D eigenvalue weighted by Gasteiger charge is 2.16. The van der Waals surface area contributed by atoms with E-state index in [0.717, 1.165) is 5.56 Å². The predicted molar refractivity (Wildman–Crippen MR) is 109 cm³/mol. The van der Waals surface area contributed by atoms with Crippen molar-refractivity contribution in [2.45, 2.75) is 13.0 Å². The normalized spacial score (nSPS) is 10.8. The highest BCUT2D eigenvalue weighted by molar-refractivity contribution is 6.14. The molecule has 0 bridgehead atoms. The van der Waals surface area contributed by atoms with Gasteiger partial charge in [0.15, 0.2) is 0 Å². The highest BCUT2D eigenvalue weighted by atomic mass is 16.5. The van der Waals surface area contributed by atoms with E-state index in [1.54, 1.807) is 41.2 Å². The van der Waals surface area contributed by atoms with Gasteiger partial charge in [-0.3, -0.25) is 9.48 Å². The molecule has 3 rings (SSSR count). The second kappa shape index (κ2) is 9.16. The lowest BCUT2D eigenvalue weighted by Gasteiger charge is -2.03. The van der Waals surface area contributed by atoms with E-state index in [4.69, 9.17) is 10.00 Å². The summed E-state index contributed by atoms with van der Waals surface area (Å²) in [6, 6.07) is 20.3. The van der Waals surface area contributed by atoms with Crippen LogP contribution in [0.25, 0.3) is 17.3 Å². The zero-order valence-electron chi connectivity index (χ0n) is 15.9. The molecule has 1 aromatic heterocycles. The van der Waals surface area contributed by atoms with E-state index >= 15 is 0 Å². The minimum Gasteiger partial charge on any atom is -0.497 e. The van der Waals surface area contributed by atoms with E-state index in [0.29, 0.717) is 35.5 Å². The van der Waals surface area contributed by atoms with Crippen molar-refractivity contribution in [3.05, 3.63) is 77.5 Å². The Bertz CT molecular complexity index is 1130. The SMILES string of the molecule is COc1cccc(C(=O)/C(C#N)=C/c2cn(CCC#N)nc2-c2ccccc2)c1. The van der Waals surface area contributed by atoms with Gasteiger partial charge in [-0.1, -0.05) is 42.5 Å².